The fourth-order valence-corrected chi connectivity index (χ4v) is 7.74. The van der Waals surface area contributed by atoms with Crippen LogP contribution in [0.3, 0.4) is 0 Å². The number of allylic oxidation sites excluding steroid dienone is 11. The molecule has 0 radical (unpaired) electrons. The molecule has 0 aromatic carbocycles. The Morgan fingerprint density at radius 2 is 1.05 bits per heavy atom. The van der Waals surface area contributed by atoms with Crippen LogP contribution >= 0.6 is 0 Å². The standard InChI is InChI=1S/C51H86O12S/c1-3-5-7-9-11-13-15-17-19-20-21-22-23-24-26-28-30-32-34-36-38-40-47(53)62-44(42-61-51-50(56)49(55)48(54)45(63-51)43-64(57,58)59)41-60-46(52)39-37-35-33-31-29-27-25-18-16-14-12-10-8-6-4-2/h19-20,22-23,26,28,32-35,37,39,44-45,48-51,54-56H,3-18,21,24-25,27,29-31,36,38,40-43H2,1-2H3,(H,57,58,59)/b20-19+,23-22+,28-26+,34-32+,35-33+,39-37+/t44-,45-,48-,49?,50?,51+/m1/s1. The van der Waals surface area contributed by atoms with Crippen molar-refractivity contribution in [3.8, 4) is 0 Å². The molecule has 1 fully saturated rings. The highest BCUT2D eigenvalue weighted by molar-refractivity contribution is 7.85. The summed E-state index contributed by atoms with van der Waals surface area (Å²) >= 11 is 0. The molecule has 0 aromatic heterocycles. The molecule has 2 unspecified atom stereocenters. The maximum absolute atomic E-state index is 12.8. The first-order valence-electron chi connectivity index (χ1n) is 24.5. The van der Waals surface area contributed by atoms with E-state index in [4.69, 9.17) is 18.9 Å². The lowest BCUT2D eigenvalue weighted by molar-refractivity contribution is -0.297. The van der Waals surface area contributed by atoms with Crippen LogP contribution in [-0.4, -0.2) is 96.0 Å². The Morgan fingerprint density at radius 3 is 1.56 bits per heavy atom. The topological polar surface area (TPSA) is 186 Å². The number of carbonyl (C=O) groups excluding carboxylic acids is 2. The van der Waals surface area contributed by atoms with E-state index in [9.17, 15) is 37.9 Å². The zero-order valence-electron chi connectivity index (χ0n) is 39.4. The molecule has 13 heteroatoms. The van der Waals surface area contributed by atoms with Gasteiger partial charge in [-0.25, -0.2) is 4.79 Å². The van der Waals surface area contributed by atoms with Crippen LogP contribution in [0.4, 0.5) is 0 Å². The van der Waals surface area contributed by atoms with Crippen molar-refractivity contribution in [1.29, 1.82) is 0 Å². The van der Waals surface area contributed by atoms with E-state index in [1.54, 1.807) is 12.2 Å². The molecule has 0 amide bonds. The molecule has 4 N–H and O–H groups in total. The highest BCUT2D eigenvalue weighted by Gasteiger charge is 2.46. The lowest BCUT2D eigenvalue weighted by atomic mass is 10.00. The number of aliphatic hydroxyl groups is 3. The minimum absolute atomic E-state index is 0.0661. The van der Waals surface area contributed by atoms with Crippen LogP contribution in [0.5, 0.6) is 0 Å². The molecule has 0 spiro atoms. The molecular weight excluding hydrogens is 837 g/mol. The Balaban J connectivity index is 2.50. The molecule has 0 aromatic rings. The average Bonchev–Trinajstić information content (AvgIpc) is 3.26. The fraction of sp³-hybridized carbons (Fsp3) is 0.725. The summed E-state index contributed by atoms with van der Waals surface area (Å²) in [7, 11) is -4.62. The third-order valence-corrected chi connectivity index (χ3v) is 11.6. The quantitative estimate of drug-likeness (QED) is 0.0114. The molecule has 1 rings (SSSR count). The number of carbonyl (C=O) groups is 2. The number of hydrogen-bond donors (Lipinski definition) is 4. The predicted molar refractivity (Wildman–Crippen MR) is 256 cm³/mol. The zero-order valence-corrected chi connectivity index (χ0v) is 40.2. The monoisotopic (exact) mass is 923 g/mol. The largest absolute Gasteiger partial charge is 0.458 e. The molecule has 368 valence electrons. The highest BCUT2D eigenvalue weighted by atomic mass is 32.2. The second-order valence-corrected chi connectivity index (χ2v) is 18.3. The van der Waals surface area contributed by atoms with Crippen LogP contribution in [-0.2, 0) is 38.7 Å². The molecule has 64 heavy (non-hydrogen) atoms. The van der Waals surface area contributed by atoms with Gasteiger partial charge in [-0.2, -0.15) is 8.42 Å². The molecule has 1 heterocycles. The van der Waals surface area contributed by atoms with Crippen molar-refractivity contribution in [2.45, 2.75) is 218 Å². The molecule has 1 aliphatic rings. The summed E-state index contributed by atoms with van der Waals surface area (Å²) in [4.78, 5) is 25.3. The third kappa shape index (κ3) is 34.4. The average molecular weight is 923 g/mol. The first kappa shape index (κ1) is 59.1. The van der Waals surface area contributed by atoms with Gasteiger partial charge in [0, 0.05) is 12.5 Å². The van der Waals surface area contributed by atoms with Gasteiger partial charge in [-0.15, -0.1) is 0 Å². The summed E-state index contributed by atoms with van der Waals surface area (Å²) in [6, 6.07) is 0. The van der Waals surface area contributed by atoms with E-state index in [0.717, 1.165) is 38.5 Å². The molecule has 0 bridgehead atoms. The molecule has 0 saturated carbocycles. The van der Waals surface area contributed by atoms with Crippen LogP contribution in [0.2, 0.25) is 0 Å². The SMILES string of the molecule is CCCCCCCCC/C=C/C/C=C/C/C=C/C/C=C/CCCC(=O)O[C@H](COC(=O)/C=C/C=C/CCCCCCCCCCCCC)CO[C@H]1O[C@H](CS(=O)(=O)O)[C@@H](O)C(O)C1O. The van der Waals surface area contributed by atoms with Crippen molar-refractivity contribution in [2.24, 2.45) is 0 Å². The van der Waals surface area contributed by atoms with E-state index in [1.807, 2.05) is 18.2 Å². The van der Waals surface area contributed by atoms with Crippen LogP contribution in [0.25, 0.3) is 0 Å². The van der Waals surface area contributed by atoms with Gasteiger partial charge in [-0.05, 0) is 57.8 Å². The second-order valence-electron chi connectivity index (χ2n) is 16.8. The van der Waals surface area contributed by atoms with Crippen molar-refractivity contribution in [3.63, 3.8) is 0 Å². The Hall–Kier alpha value is -2.91. The van der Waals surface area contributed by atoms with E-state index in [1.165, 1.54) is 115 Å². The summed E-state index contributed by atoms with van der Waals surface area (Å²) in [5.74, 6) is -2.33. The van der Waals surface area contributed by atoms with Crippen molar-refractivity contribution >= 4 is 22.1 Å². The highest BCUT2D eigenvalue weighted by Crippen LogP contribution is 2.24. The second kappa shape index (κ2) is 40.4. The molecule has 0 aliphatic carbocycles. The van der Waals surface area contributed by atoms with Crippen molar-refractivity contribution in [2.75, 3.05) is 19.0 Å². The van der Waals surface area contributed by atoms with Crippen molar-refractivity contribution < 1.29 is 56.8 Å². The first-order chi connectivity index (χ1) is 31.0. The van der Waals surface area contributed by atoms with Crippen molar-refractivity contribution in [1.82, 2.24) is 0 Å². The summed E-state index contributed by atoms with van der Waals surface area (Å²) in [5, 5.41) is 30.9. The Bertz CT molecular complexity index is 1450. The Morgan fingerprint density at radius 1 is 0.578 bits per heavy atom. The van der Waals surface area contributed by atoms with Crippen LogP contribution in [0.15, 0.2) is 72.9 Å². The molecule has 12 nitrogen and oxygen atoms in total. The fourth-order valence-electron chi connectivity index (χ4n) is 7.05. The van der Waals surface area contributed by atoms with Gasteiger partial charge in [-0.1, -0.05) is 183 Å². The van der Waals surface area contributed by atoms with Crippen LogP contribution < -0.4 is 0 Å². The first-order valence-corrected chi connectivity index (χ1v) is 26.1. The van der Waals surface area contributed by atoms with Gasteiger partial charge in [-0.3, -0.25) is 9.35 Å². The number of ether oxygens (including phenoxy) is 4. The van der Waals surface area contributed by atoms with Gasteiger partial charge >= 0.3 is 11.9 Å². The van der Waals surface area contributed by atoms with Gasteiger partial charge in [0.15, 0.2) is 12.4 Å². The maximum atomic E-state index is 12.8. The summed E-state index contributed by atoms with van der Waals surface area (Å²) < 4.78 is 53.9. The van der Waals surface area contributed by atoms with Gasteiger partial charge in [0.25, 0.3) is 10.1 Å². The minimum atomic E-state index is -4.62. The van der Waals surface area contributed by atoms with E-state index < -0.39 is 77.8 Å². The van der Waals surface area contributed by atoms with Crippen LogP contribution in [0.1, 0.15) is 181 Å². The van der Waals surface area contributed by atoms with Crippen molar-refractivity contribution in [3.05, 3.63) is 72.9 Å². The lowest BCUT2D eigenvalue weighted by Gasteiger charge is -2.40. The van der Waals surface area contributed by atoms with Crippen LogP contribution in [0, 0.1) is 0 Å². The number of rotatable bonds is 40. The summed E-state index contributed by atoms with van der Waals surface area (Å²) in [6.07, 6.45) is 43.0. The van der Waals surface area contributed by atoms with Gasteiger partial charge in [0.2, 0.25) is 0 Å². The van der Waals surface area contributed by atoms with E-state index >= 15 is 0 Å². The molecule has 1 saturated heterocycles. The third-order valence-electron chi connectivity index (χ3n) is 10.9. The molecular formula is C51H86O12S. The number of esters is 2. The summed E-state index contributed by atoms with van der Waals surface area (Å²) in [5.41, 5.74) is 0. The molecule has 6 atom stereocenters. The Kier molecular flexibility index (Phi) is 37.3. The Labute approximate surface area is 387 Å². The van der Waals surface area contributed by atoms with E-state index in [2.05, 4.69) is 50.3 Å². The molecule has 1 aliphatic heterocycles. The van der Waals surface area contributed by atoms with Gasteiger partial charge < -0.3 is 34.3 Å². The number of hydrogen-bond acceptors (Lipinski definition) is 11. The van der Waals surface area contributed by atoms with Gasteiger partial charge in [0.1, 0.15) is 36.8 Å². The number of unbranched alkanes of at least 4 members (excludes halogenated alkanes) is 19. The predicted octanol–water partition coefficient (Wildman–Crippen LogP) is 10.7. The number of aliphatic hydroxyl groups excluding tert-OH is 3. The normalized spacial score (nSPS) is 20.2. The van der Waals surface area contributed by atoms with Gasteiger partial charge in [0.05, 0.1) is 6.61 Å². The zero-order chi connectivity index (χ0) is 46.9. The summed E-state index contributed by atoms with van der Waals surface area (Å²) in [6.45, 7) is 3.61. The van der Waals surface area contributed by atoms with E-state index in [0.29, 0.717) is 12.8 Å². The van der Waals surface area contributed by atoms with E-state index in [-0.39, 0.29) is 6.42 Å². The smallest absolute Gasteiger partial charge is 0.330 e. The lowest BCUT2D eigenvalue weighted by Crippen LogP contribution is -2.60. The maximum Gasteiger partial charge on any atom is 0.330 e. The minimum Gasteiger partial charge on any atom is -0.458 e.